The van der Waals surface area contributed by atoms with E-state index in [2.05, 4.69) is 43.1 Å². The maximum Gasteiger partial charge on any atom is 0.325 e. The summed E-state index contributed by atoms with van der Waals surface area (Å²) in [5, 5.41) is 11.3. The molecular formula is C40H76N2O4. The Morgan fingerprint density at radius 3 is 1.43 bits per heavy atom. The summed E-state index contributed by atoms with van der Waals surface area (Å²) >= 11 is 0. The molecule has 0 aromatic rings. The first-order valence-corrected chi connectivity index (χ1v) is 19.7. The van der Waals surface area contributed by atoms with Crippen molar-refractivity contribution < 1.29 is 19.5 Å². The summed E-state index contributed by atoms with van der Waals surface area (Å²) in [4.78, 5) is 31.2. The highest BCUT2D eigenvalue weighted by Gasteiger charge is 2.11. The zero-order valence-electron chi connectivity index (χ0n) is 30.6. The Kier molecular flexibility index (Phi) is 36.7. The second kappa shape index (κ2) is 38.0. The van der Waals surface area contributed by atoms with Crippen LogP contribution < -0.4 is 0 Å². The summed E-state index contributed by atoms with van der Waals surface area (Å²) in [6, 6.07) is 0. The molecule has 0 heterocycles. The van der Waals surface area contributed by atoms with Crippen LogP contribution in [0.25, 0.3) is 0 Å². The zero-order chi connectivity index (χ0) is 33.6. The highest BCUT2D eigenvalue weighted by Crippen LogP contribution is 2.12. The molecule has 0 atom stereocenters. The van der Waals surface area contributed by atoms with Crippen LogP contribution in [0.4, 0.5) is 0 Å². The van der Waals surface area contributed by atoms with Gasteiger partial charge in [-0.2, -0.15) is 0 Å². The smallest absolute Gasteiger partial charge is 0.325 e. The highest BCUT2D eigenvalue weighted by atomic mass is 16.7. The standard InChI is InChI=1S/C40H76N2O4/c1-3-5-7-9-15-23-29-35-42(36-30-24-16-10-8-6-4-2)46-40(45)32-26-20-14-13-18-22-28-34-41(37-39-44)33-27-21-17-11-12-19-25-31-38-43/h15-16,23-24,38,44H,3-14,17-22,25-37,39H2,1-2H3/b23-15-,24-16-. The lowest BCUT2D eigenvalue weighted by Gasteiger charge is -2.21. The summed E-state index contributed by atoms with van der Waals surface area (Å²) < 4.78 is 0. The van der Waals surface area contributed by atoms with E-state index in [0.717, 1.165) is 84.0 Å². The van der Waals surface area contributed by atoms with Crippen LogP contribution in [-0.4, -0.2) is 66.7 Å². The van der Waals surface area contributed by atoms with Crippen LogP contribution in [0.5, 0.6) is 0 Å². The van der Waals surface area contributed by atoms with Crippen LogP contribution >= 0.6 is 0 Å². The molecule has 0 aromatic heterocycles. The molecular weight excluding hydrogens is 572 g/mol. The van der Waals surface area contributed by atoms with Crippen molar-refractivity contribution in [3.8, 4) is 0 Å². The first-order chi connectivity index (χ1) is 22.7. The van der Waals surface area contributed by atoms with Crippen LogP contribution in [0, 0.1) is 0 Å². The van der Waals surface area contributed by atoms with Crippen molar-refractivity contribution >= 4 is 12.3 Å². The van der Waals surface area contributed by atoms with Crippen molar-refractivity contribution in [2.45, 2.75) is 181 Å². The van der Waals surface area contributed by atoms with Crippen molar-refractivity contribution in [1.82, 2.24) is 9.96 Å². The molecule has 0 spiro atoms. The van der Waals surface area contributed by atoms with Crippen LogP contribution in [-0.2, 0) is 14.4 Å². The lowest BCUT2D eigenvalue weighted by atomic mass is 10.1. The number of carbonyl (C=O) groups is 2. The highest BCUT2D eigenvalue weighted by molar-refractivity contribution is 5.68. The van der Waals surface area contributed by atoms with Crippen molar-refractivity contribution in [3.63, 3.8) is 0 Å². The summed E-state index contributed by atoms with van der Waals surface area (Å²) in [7, 11) is 0. The van der Waals surface area contributed by atoms with Gasteiger partial charge in [-0.1, -0.05) is 128 Å². The van der Waals surface area contributed by atoms with E-state index in [-0.39, 0.29) is 12.6 Å². The summed E-state index contributed by atoms with van der Waals surface area (Å²) in [5.41, 5.74) is 0. The summed E-state index contributed by atoms with van der Waals surface area (Å²) in [6.45, 7) is 9.19. The predicted octanol–water partition coefficient (Wildman–Crippen LogP) is 10.5. The van der Waals surface area contributed by atoms with E-state index < -0.39 is 0 Å². The van der Waals surface area contributed by atoms with E-state index in [9.17, 15) is 14.7 Å². The Hall–Kier alpha value is -1.50. The monoisotopic (exact) mass is 649 g/mol. The minimum atomic E-state index is -0.0857. The number of hydroxylamine groups is 2. The molecule has 0 saturated carbocycles. The molecule has 0 aliphatic carbocycles. The first-order valence-electron chi connectivity index (χ1n) is 19.7. The van der Waals surface area contributed by atoms with Gasteiger partial charge < -0.3 is 19.6 Å². The fourth-order valence-corrected chi connectivity index (χ4v) is 5.74. The van der Waals surface area contributed by atoms with Crippen LogP contribution in [0.15, 0.2) is 24.3 Å². The SMILES string of the molecule is CCCCC/C=C\CCN(CC/C=C\CCCCC)OC(=O)CCCCCCCCCN(CCO)CCCCCCCCCC=O. The van der Waals surface area contributed by atoms with Crippen LogP contribution in [0.2, 0.25) is 0 Å². The quantitative estimate of drug-likeness (QED) is 0.0313. The molecule has 0 rings (SSSR count). The first kappa shape index (κ1) is 44.5. The second-order valence-electron chi connectivity index (χ2n) is 13.1. The van der Waals surface area contributed by atoms with Crippen LogP contribution in [0.1, 0.15) is 181 Å². The third-order valence-electron chi connectivity index (χ3n) is 8.67. The van der Waals surface area contributed by atoms with Gasteiger partial charge in [-0.05, 0) is 77.3 Å². The van der Waals surface area contributed by atoms with Crippen LogP contribution in [0.3, 0.4) is 0 Å². The molecule has 0 bridgehead atoms. The van der Waals surface area contributed by atoms with Gasteiger partial charge in [-0.25, -0.2) is 0 Å². The largest absolute Gasteiger partial charge is 0.395 e. The Morgan fingerprint density at radius 1 is 0.522 bits per heavy atom. The molecule has 0 radical (unpaired) electrons. The molecule has 0 unspecified atom stereocenters. The zero-order valence-corrected chi connectivity index (χ0v) is 30.6. The summed E-state index contributed by atoms with van der Waals surface area (Å²) in [6.07, 6.45) is 39.5. The lowest BCUT2D eigenvalue weighted by Crippen LogP contribution is -2.29. The summed E-state index contributed by atoms with van der Waals surface area (Å²) in [5.74, 6) is -0.0857. The van der Waals surface area contributed by atoms with Gasteiger partial charge in [-0.15, -0.1) is 5.06 Å². The number of rotatable bonds is 37. The predicted molar refractivity (Wildman–Crippen MR) is 197 cm³/mol. The van der Waals surface area contributed by atoms with Gasteiger partial charge in [0.05, 0.1) is 6.61 Å². The fraction of sp³-hybridized carbons (Fsp3) is 0.850. The maximum absolute atomic E-state index is 12.6. The van der Waals surface area contributed by atoms with E-state index >= 15 is 0 Å². The van der Waals surface area contributed by atoms with Gasteiger partial charge in [0.15, 0.2) is 0 Å². The normalized spacial score (nSPS) is 11.9. The number of aliphatic hydroxyl groups excluding tert-OH is 1. The number of aldehydes is 1. The Bertz CT molecular complexity index is 673. The molecule has 0 aliphatic rings. The molecule has 46 heavy (non-hydrogen) atoms. The minimum absolute atomic E-state index is 0.0857. The average molecular weight is 649 g/mol. The molecule has 0 fully saturated rings. The van der Waals surface area contributed by atoms with E-state index in [1.807, 2.05) is 5.06 Å². The number of hydrogen-bond donors (Lipinski definition) is 1. The van der Waals surface area contributed by atoms with Gasteiger partial charge in [0, 0.05) is 32.5 Å². The second-order valence-corrected chi connectivity index (χ2v) is 13.1. The van der Waals surface area contributed by atoms with E-state index in [1.54, 1.807) is 0 Å². The Balaban J connectivity index is 4.05. The maximum atomic E-state index is 12.6. The number of carbonyl (C=O) groups excluding carboxylic acids is 2. The number of hydrogen-bond acceptors (Lipinski definition) is 6. The van der Waals surface area contributed by atoms with E-state index in [1.165, 1.54) is 109 Å². The molecule has 6 heteroatoms. The molecule has 0 aromatic carbocycles. The van der Waals surface area contributed by atoms with Gasteiger partial charge in [0.2, 0.25) is 0 Å². The fourth-order valence-electron chi connectivity index (χ4n) is 5.74. The van der Waals surface area contributed by atoms with Crippen molar-refractivity contribution in [1.29, 1.82) is 0 Å². The van der Waals surface area contributed by atoms with Gasteiger partial charge in [0.1, 0.15) is 6.29 Å². The number of aliphatic hydroxyl groups is 1. The van der Waals surface area contributed by atoms with Gasteiger partial charge in [0.25, 0.3) is 0 Å². The van der Waals surface area contributed by atoms with E-state index in [0.29, 0.717) is 12.8 Å². The lowest BCUT2D eigenvalue weighted by molar-refractivity contribution is -0.190. The van der Waals surface area contributed by atoms with Gasteiger partial charge in [-0.3, -0.25) is 4.79 Å². The molecule has 1 N–H and O–H groups in total. The third kappa shape index (κ3) is 33.9. The number of unbranched alkanes of at least 4 members (excludes halogenated alkanes) is 19. The molecule has 0 aliphatic heterocycles. The number of nitrogens with zero attached hydrogens (tertiary/aromatic N) is 2. The Labute approximate surface area is 285 Å². The molecule has 6 nitrogen and oxygen atoms in total. The third-order valence-corrected chi connectivity index (χ3v) is 8.67. The molecule has 0 saturated heterocycles. The van der Waals surface area contributed by atoms with E-state index in [4.69, 9.17) is 4.84 Å². The van der Waals surface area contributed by atoms with Gasteiger partial charge >= 0.3 is 5.97 Å². The number of allylic oxidation sites excluding steroid dienone is 2. The van der Waals surface area contributed by atoms with Crippen molar-refractivity contribution in [2.24, 2.45) is 0 Å². The minimum Gasteiger partial charge on any atom is -0.395 e. The van der Waals surface area contributed by atoms with Crippen molar-refractivity contribution in [2.75, 3.05) is 39.3 Å². The van der Waals surface area contributed by atoms with Crippen molar-refractivity contribution in [3.05, 3.63) is 24.3 Å². The topological polar surface area (TPSA) is 70.1 Å². The average Bonchev–Trinajstić information content (AvgIpc) is 3.05. The Morgan fingerprint density at radius 2 is 0.957 bits per heavy atom. The molecule has 0 amide bonds. The molecule has 270 valence electrons.